The summed E-state index contributed by atoms with van der Waals surface area (Å²) in [5, 5.41) is 0. The second-order valence-electron chi connectivity index (χ2n) is 4.33. The SMILES string of the molecule is CN(C)C(=O)CCN=C(N)C1CCCC1. The third-order valence-corrected chi connectivity index (χ3v) is 2.89. The molecule has 0 aromatic rings. The first-order chi connectivity index (χ1) is 7.11. The van der Waals surface area contributed by atoms with Crippen molar-refractivity contribution < 1.29 is 4.79 Å². The first kappa shape index (κ1) is 12.0. The maximum absolute atomic E-state index is 11.3. The second kappa shape index (κ2) is 5.73. The van der Waals surface area contributed by atoms with Crippen molar-refractivity contribution in [1.29, 1.82) is 0 Å². The lowest BCUT2D eigenvalue weighted by Gasteiger charge is -2.10. The fraction of sp³-hybridized carbons (Fsp3) is 0.818. The van der Waals surface area contributed by atoms with Crippen LogP contribution >= 0.6 is 0 Å². The lowest BCUT2D eigenvalue weighted by Crippen LogP contribution is -2.24. The van der Waals surface area contributed by atoms with Crippen molar-refractivity contribution >= 4 is 11.7 Å². The van der Waals surface area contributed by atoms with Crippen LogP contribution in [0.25, 0.3) is 0 Å². The molecular formula is C11H21N3O. The fourth-order valence-corrected chi connectivity index (χ4v) is 1.85. The molecule has 1 aliphatic rings. The minimum absolute atomic E-state index is 0.109. The Morgan fingerprint density at radius 2 is 2.00 bits per heavy atom. The van der Waals surface area contributed by atoms with Crippen LogP contribution in [0.4, 0.5) is 0 Å². The van der Waals surface area contributed by atoms with E-state index < -0.39 is 0 Å². The van der Waals surface area contributed by atoms with Crippen LogP contribution in [0, 0.1) is 5.92 Å². The molecule has 1 fully saturated rings. The van der Waals surface area contributed by atoms with Crippen LogP contribution in [0.3, 0.4) is 0 Å². The maximum Gasteiger partial charge on any atom is 0.223 e. The predicted molar refractivity (Wildman–Crippen MR) is 61.8 cm³/mol. The van der Waals surface area contributed by atoms with Crippen molar-refractivity contribution in [3.8, 4) is 0 Å². The van der Waals surface area contributed by atoms with E-state index in [-0.39, 0.29) is 5.91 Å². The van der Waals surface area contributed by atoms with E-state index in [9.17, 15) is 4.79 Å². The minimum atomic E-state index is 0.109. The monoisotopic (exact) mass is 211 g/mol. The molecule has 1 amide bonds. The number of amidine groups is 1. The molecule has 1 saturated carbocycles. The summed E-state index contributed by atoms with van der Waals surface area (Å²) in [4.78, 5) is 17.1. The lowest BCUT2D eigenvalue weighted by atomic mass is 10.1. The van der Waals surface area contributed by atoms with E-state index in [1.54, 1.807) is 19.0 Å². The van der Waals surface area contributed by atoms with E-state index in [4.69, 9.17) is 5.73 Å². The molecule has 2 N–H and O–H groups in total. The molecule has 0 atom stereocenters. The molecule has 86 valence electrons. The molecule has 0 bridgehead atoms. The van der Waals surface area contributed by atoms with Gasteiger partial charge in [0.05, 0.1) is 5.84 Å². The Bertz CT molecular complexity index is 242. The summed E-state index contributed by atoms with van der Waals surface area (Å²) >= 11 is 0. The van der Waals surface area contributed by atoms with Crippen molar-refractivity contribution in [2.24, 2.45) is 16.6 Å². The summed E-state index contributed by atoms with van der Waals surface area (Å²) in [5.74, 6) is 1.33. The number of carbonyl (C=O) groups is 1. The summed E-state index contributed by atoms with van der Waals surface area (Å²) in [7, 11) is 3.51. The molecule has 0 unspecified atom stereocenters. The molecule has 0 radical (unpaired) electrons. The van der Waals surface area contributed by atoms with E-state index in [1.165, 1.54) is 12.8 Å². The molecule has 0 aliphatic heterocycles. The van der Waals surface area contributed by atoms with Crippen LogP contribution in [0.1, 0.15) is 32.1 Å². The Labute approximate surface area is 91.5 Å². The van der Waals surface area contributed by atoms with Crippen LogP contribution in [0.5, 0.6) is 0 Å². The zero-order chi connectivity index (χ0) is 11.3. The maximum atomic E-state index is 11.3. The van der Waals surface area contributed by atoms with Gasteiger partial charge in [0.25, 0.3) is 0 Å². The molecule has 4 heteroatoms. The van der Waals surface area contributed by atoms with E-state index >= 15 is 0 Å². The van der Waals surface area contributed by atoms with Gasteiger partial charge in [-0.05, 0) is 12.8 Å². The topological polar surface area (TPSA) is 58.7 Å². The lowest BCUT2D eigenvalue weighted by molar-refractivity contribution is -0.128. The quantitative estimate of drug-likeness (QED) is 0.557. The normalized spacial score (nSPS) is 18.1. The summed E-state index contributed by atoms with van der Waals surface area (Å²) in [6, 6.07) is 0. The van der Waals surface area contributed by atoms with Gasteiger partial charge in [0.1, 0.15) is 0 Å². The van der Waals surface area contributed by atoms with Gasteiger partial charge in [-0.3, -0.25) is 9.79 Å². The van der Waals surface area contributed by atoms with Crippen LogP contribution in [0.15, 0.2) is 4.99 Å². The summed E-state index contributed by atoms with van der Waals surface area (Å²) in [6.45, 7) is 0.527. The van der Waals surface area contributed by atoms with Crippen molar-refractivity contribution in [3.05, 3.63) is 0 Å². The average Bonchev–Trinajstić information content (AvgIpc) is 2.70. The van der Waals surface area contributed by atoms with Crippen LogP contribution in [-0.4, -0.2) is 37.3 Å². The van der Waals surface area contributed by atoms with Gasteiger partial charge in [-0.2, -0.15) is 0 Å². The number of hydrogen-bond donors (Lipinski definition) is 1. The van der Waals surface area contributed by atoms with E-state index in [0.29, 0.717) is 18.9 Å². The highest BCUT2D eigenvalue weighted by Gasteiger charge is 2.18. The Balaban J connectivity index is 2.27. The zero-order valence-electron chi connectivity index (χ0n) is 9.70. The molecule has 1 rings (SSSR count). The molecule has 0 heterocycles. The highest BCUT2D eigenvalue weighted by Crippen LogP contribution is 2.24. The van der Waals surface area contributed by atoms with Crippen LogP contribution < -0.4 is 5.73 Å². The first-order valence-corrected chi connectivity index (χ1v) is 5.61. The fourth-order valence-electron chi connectivity index (χ4n) is 1.85. The number of amides is 1. The number of carbonyl (C=O) groups excluding carboxylic acids is 1. The molecule has 0 spiro atoms. The molecule has 0 aromatic carbocycles. The molecule has 4 nitrogen and oxygen atoms in total. The predicted octanol–water partition coefficient (Wildman–Crippen LogP) is 1.01. The van der Waals surface area contributed by atoms with E-state index in [2.05, 4.69) is 4.99 Å². The second-order valence-corrected chi connectivity index (χ2v) is 4.33. The summed E-state index contributed by atoms with van der Waals surface area (Å²) < 4.78 is 0. The largest absolute Gasteiger partial charge is 0.387 e. The van der Waals surface area contributed by atoms with Gasteiger partial charge in [-0.15, -0.1) is 0 Å². The summed E-state index contributed by atoms with van der Waals surface area (Å²) in [6.07, 6.45) is 5.31. The van der Waals surface area contributed by atoms with Crippen molar-refractivity contribution in [3.63, 3.8) is 0 Å². The van der Waals surface area contributed by atoms with Crippen LogP contribution in [-0.2, 0) is 4.79 Å². The smallest absolute Gasteiger partial charge is 0.223 e. The van der Waals surface area contributed by atoms with Crippen LogP contribution in [0.2, 0.25) is 0 Å². The Morgan fingerprint density at radius 3 is 2.53 bits per heavy atom. The highest BCUT2D eigenvalue weighted by atomic mass is 16.2. The van der Waals surface area contributed by atoms with Gasteiger partial charge in [0.2, 0.25) is 5.91 Å². The van der Waals surface area contributed by atoms with E-state index in [0.717, 1.165) is 18.7 Å². The van der Waals surface area contributed by atoms with Gasteiger partial charge < -0.3 is 10.6 Å². The molecular weight excluding hydrogens is 190 g/mol. The summed E-state index contributed by atoms with van der Waals surface area (Å²) in [5.41, 5.74) is 5.87. The Hall–Kier alpha value is -1.06. The van der Waals surface area contributed by atoms with Crippen molar-refractivity contribution in [2.75, 3.05) is 20.6 Å². The van der Waals surface area contributed by atoms with Gasteiger partial charge in [0, 0.05) is 33.0 Å². The Morgan fingerprint density at radius 1 is 1.40 bits per heavy atom. The number of rotatable bonds is 4. The third-order valence-electron chi connectivity index (χ3n) is 2.89. The highest BCUT2D eigenvalue weighted by molar-refractivity contribution is 5.83. The van der Waals surface area contributed by atoms with Gasteiger partial charge in [-0.1, -0.05) is 12.8 Å². The van der Waals surface area contributed by atoms with Gasteiger partial charge in [-0.25, -0.2) is 0 Å². The van der Waals surface area contributed by atoms with Crippen molar-refractivity contribution in [2.45, 2.75) is 32.1 Å². The minimum Gasteiger partial charge on any atom is -0.387 e. The van der Waals surface area contributed by atoms with Crippen molar-refractivity contribution in [1.82, 2.24) is 4.90 Å². The zero-order valence-corrected chi connectivity index (χ0v) is 9.70. The molecule has 15 heavy (non-hydrogen) atoms. The average molecular weight is 211 g/mol. The third kappa shape index (κ3) is 3.90. The standard InChI is InChI=1S/C11H21N3O/c1-14(2)10(15)7-8-13-11(12)9-5-3-4-6-9/h9H,3-8H2,1-2H3,(H2,12,13). The molecule has 0 saturated heterocycles. The number of aliphatic imine (C=N–C) groups is 1. The molecule has 0 aromatic heterocycles. The Kier molecular flexibility index (Phi) is 4.59. The number of hydrogen-bond acceptors (Lipinski definition) is 2. The van der Waals surface area contributed by atoms with E-state index in [1.807, 2.05) is 0 Å². The number of nitrogens with zero attached hydrogens (tertiary/aromatic N) is 2. The van der Waals surface area contributed by atoms with Gasteiger partial charge in [0.15, 0.2) is 0 Å². The number of nitrogens with two attached hydrogens (primary N) is 1. The molecule has 1 aliphatic carbocycles. The van der Waals surface area contributed by atoms with Gasteiger partial charge >= 0.3 is 0 Å². The first-order valence-electron chi connectivity index (χ1n) is 5.61.